The predicted octanol–water partition coefficient (Wildman–Crippen LogP) is 6.10. The third-order valence-corrected chi connectivity index (χ3v) is 4.58. The molecule has 0 radical (unpaired) electrons. The van der Waals surface area contributed by atoms with Gasteiger partial charge in [0.15, 0.2) is 0 Å². The third-order valence-electron chi connectivity index (χ3n) is 4.58. The highest BCUT2D eigenvalue weighted by atomic mass is 16.5. The predicted molar refractivity (Wildman–Crippen MR) is 104 cm³/mol. The van der Waals surface area contributed by atoms with Gasteiger partial charge in [0.1, 0.15) is 0 Å². The summed E-state index contributed by atoms with van der Waals surface area (Å²) in [6.45, 7) is 4.82. The van der Waals surface area contributed by atoms with Crippen LogP contribution in [0.25, 0.3) is 0 Å². The van der Waals surface area contributed by atoms with Gasteiger partial charge in [0.05, 0.1) is 19.0 Å². The zero-order valence-corrected chi connectivity index (χ0v) is 16.7. The molecule has 0 amide bonds. The second kappa shape index (κ2) is 17.8. The molecule has 0 aromatic heterocycles. The molecule has 0 aliphatic rings. The minimum atomic E-state index is -0.671. The Kier molecular flexibility index (Phi) is 17.0. The molecule has 0 spiro atoms. The van der Waals surface area contributed by atoms with Gasteiger partial charge in [-0.1, -0.05) is 57.8 Å². The highest BCUT2D eigenvalue weighted by Gasteiger charge is 2.11. The Morgan fingerprint density at radius 3 is 1.92 bits per heavy atom. The van der Waals surface area contributed by atoms with Gasteiger partial charge in [0.25, 0.3) is 0 Å². The molecule has 0 bridgehead atoms. The van der Waals surface area contributed by atoms with Crippen LogP contribution in [0.2, 0.25) is 0 Å². The lowest BCUT2D eigenvalue weighted by molar-refractivity contribution is -0.137. The lowest BCUT2D eigenvalue weighted by atomic mass is 10.0. The summed E-state index contributed by atoms with van der Waals surface area (Å²) in [6.07, 6.45) is 16.6. The number of carboxylic acids is 1. The van der Waals surface area contributed by atoms with Crippen LogP contribution in [0.4, 0.5) is 0 Å². The highest BCUT2D eigenvalue weighted by molar-refractivity contribution is 5.66. The van der Waals surface area contributed by atoms with Crippen molar-refractivity contribution in [1.82, 2.24) is 0 Å². The maximum absolute atomic E-state index is 10.4. The quantitative estimate of drug-likeness (QED) is 0.238. The van der Waals surface area contributed by atoms with Crippen LogP contribution in [-0.4, -0.2) is 30.9 Å². The summed E-state index contributed by atoms with van der Waals surface area (Å²) in [7, 11) is 1.73. The molecule has 4 nitrogen and oxygen atoms in total. The Bertz CT molecular complexity index is 339. The average Bonchev–Trinajstić information content (AvgIpc) is 2.60. The second-order valence-electron chi connectivity index (χ2n) is 6.71. The van der Waals surface area contributed by atoms with Crippen molar-refractivity contribution in [2.75, 3.05) is 13.7 Å². The van der Waals surface area contributed by atoms with Gasteiger partial charge >= 0.3 is 5.97 Å². The van der Waals surface area contributed by atoms with Crippen LogP contribution in [0.3, 0.4) is 0 Å². The number of hydrogen-bond acceptors (Lipinski definition) is 3. The van der Waals surface area contributed by atoms with E-state index in [0.717, 1.165) is 38.0 Å². The molecule has 4 heteroatoms. The van der Waals surface area contributed by atoms with E-state index in [2.05, 4.69) is 6.92 Å². The summed E-state index contributed by atoms with van der Waals surface area (Å²) in [5.74, 6) is 0.345. The number of aliphatic carboxylic acids is 1. The Morgan fingerprint density at radius 2 is 1.48 bits per heavy atom. The summed E-state index contributed by atoms with van der Waals surface area (Å²) in [4.78, 5) is 10.4. The molecule has 0 heterocycles. The van der Waals surface area contributed by atoms with Gasteiger partial charge in [-0.05, 0) is 32.8 Å². The van der Waals surface area contributed by atoms with Gasteiger partial charge in [-0.25, -0.2) is 0 Å². The lowest BCUT2D eigenvalue weighted by Gasteiger charge is -2.18. The largest absolute Gasteiger partial charge is 0.501 e. The molecule has 25 heavy (non-hydrogen) atoms. The molecule has 148 valence electrons. The Morgan fingerprint density at radius 1 is 0.960 bits per heavy atom. The van der Waals surface area contributed by atoms with Crippen molar-refractivity contribution >= 4 is 5.97 Å². The van der Waals surface area contributed by atoms with Gasteiger partial charge < -0.3 is 14.6 Å². The van der Waals surface area contributed by atoms with Gasteiger partial charge in [0.2, 0.25) is 0 Å². The summed E-state index contributed by atoms with van der Waals surface area (Å²) < 4.78 is 11.2. The Balaban J connectivity index is 3.49. The van der Waals surface area contributed by atoms with E-state index in [0.29, 0.717) is 6.42 Å². The molecule has 0 saturated heterocycles. The van der Waals surface area contributed by atoms with Crippen LogP contribution in [0.15, 0.2) is 11.8 Å². The molecule has 0 aliphatic heterocycles. The van der Waals surface area contributed by atoms with Crippen LogP contribution in [0.5, 0.6) is 0 Å². The van der Waals surface area contributed by atoms with E-state index in [9.17, 15) is 4.79 Å². The first-order valence-corrected chi connectivity index (χ1v) is 10.2. The standard InChI is InChI=1S/C21H40O4/c1-4-19(24-3)18-20(25-5-2)16-14-12-10-8-6-7-9-11-13-15-17-21(22)23/h4,20H,5-18H2,1-3H3,(H,22,23). The monoisotopic (exact) mass is 356 g/mol. The van der Waals surface area contributed by atoms with Crippen LogP contribution >= 0.6 is 0 Å². The van der Waals surface area contributed by atoms with E-state index in [1.54, 1.807) is 7.11 Å². The fourth-order valence-corrected chi connectivity index (χ4v) is 3.09. The highest BCUT2D eigenvalue weighted by Crippen LogP contribution is 2.17. The van der Waals surface area contributed by atoms with E-state index in [-0.39, 0.29) is 6.10 Å². The smallest absolute Gasteiger partial charge is 0.303 e. The topological polar surface area (TPSA) is 55.8 Å². The number of carboxylic acid groups (broad SMARTS) is 1. The van der Waals surface area contributed by atoms with Crippen molar-refractivity contribution in [3.8, 4) is 0 Å². The van der Waals surface area contributed by atoms with E-state index in [4.69, 9.17) is 14.6 Å². The average molecular weight is 357 g/mol. The van der Waals surface area contributed by atoms with Crippen LogP contribution < -0.4 is 0 Å². The maximum Gasteiger partial charge on any atom is 0.303 e. The number of methoxy groups -OCH3 is 1. The van der Waals surface area contributed by atoms with E-state index < -0.39 is 5.97 Å². The van der Waals surface area contributed by atoms with Crippen molar-refractivity contribution in [3.05, 3.63) is 11.8 Å². The van der Waals surface area contributed by atoms with E-state index >= 15 is 0 Å². The molecule has 0 aliphatic carbocycles. The van der Waals surface area contributed by atoms with Gasteiger partial charge in [-0.15, -0.1) is 0 Å². The second-order valence-corrected chi connectivity index (χ2v) is 6.71. The van der Waals surface area contributed by atoms with Crippen molar-refractivity contribution in [3.63, 3.8) is 0 Å². The Labute approximate surface area is 155 Å². The number of rotatable bonds is 18. The molecule has 1 atom stereocenters. The summed E-state index contributed by atoms with van der Waals surface area (Å²) in [5.41, 5.74) is 0. The van der Waals surface area contributed by atoms with Crippen molar-refractivity contribution < 1.29 is 19.4 Å². The zero-order chi connectivity index (χ0) is 18.8. The molecule has 1 unspecified atom stereocenters. The van der Waals surface area contributed by atoms with Crippen LogP contribution in [0.1, 0.15) is 97.3 Å². The van der Waals surface area contributed by atoms with E-state index in [1.807, 2.05) is 13.0 Å². The fraction of sp³-hybridized carbons (Fsp3) is 0.857. The maximum atomic E-state index is 10.4. The first-order chi connectivity index (χ1) is 12.1. The minimum absolute atomic E-state index is 0.280. The van der Waals surface area contributed by atoms with Gasteiger partial charge in [0, 0.05) is 19.4 Å². The zero-order valence-electron chi connectivity index (χ0n) is 16.7. The molecule has 0 aromatic carbocycles. The van der Waals surface area contributed by atoms with Crippen LogP contribution in [0, 0.1) is 0 Å². The molecular weight excluding hydrogens is 316 g/mol. The number of carbonyl (C=O) groups is 1. The SMILES string of the molecule is CC=C(CC(CCCCCCCCCCCCC(=O)O)OCC)OC. The molecule has 0 rings (SSSR count). The number of unbranched alkanes of at least 4 members (excludes halogenated alkanes) is 9. The van der Waals surface area contributed by atoms with Gasteiger partial charge in [-0.3, -0.25) is 4.79 Å². The Hall–Kier alpha value is -1.03. The lowest BCUT2D eigenvalue weighted by Crippen LogP contribution is -2.14. The molecular formula is C21H40O4. The summed E-state index contributed by atoms with van der Waals surface area (Å²) >= 11 is 0. The number of hydrogen-bond donors (Lipinski definition) is 1. The van der Waals surface area contributed by atoms with Crippen molar-refractivity contribution in [2.24, 2.45) is 0 Å². The first kappa shape index (κ1) is 24.0. The number of ether oxygens (including phenoxy) is 2. The summed E-state index contributed by atoms with van der Waals surface area (Å²) in [5, 5.41) is 8.57. The van der Waals surface area contributed by atoms with Crippen molar-refractivity contribution in [1.29, 1.82) is 0 Å². The van der Waals surface area contributed by atoms with Crippen LogP contribution in [-0.2, 0) is 14.3 Å². The van der Waals surface area contributed by atoms with Gasteiger partial charge in [-0.2, -0.15) is 0 Å². The molecule has 1 N–H and O–H groups in total. The number of allylic oxidation sites excluding steroid dienone is 1. The minimum Gasteiger partial charge on any atom is -0.501 e. The third kappa shape index (κ3) is 16.2. The first-order valence-electron chi connectivity index (χ1n) is 10.2. The van der Waals surface area contributed by atoms with E-state index in [1.165, 1.54) is 51.4 Å². The molecule has 0 fully saturated rings. The fourth-order valence-electron chi connectivity index (χ4n) is 3.09. The molecule has 0 saturated carbocycles. The molecule has 0 aromatic rings. The van der Waals surface area contributed by atoms with Crippen molar-refractivity contribution in [2.45, 2.75) is 103 Å². The summed E-state index contributed by atoms with van der Waals surface area (Å²) in [6, 6.07) is 0. The normalized spacial score (nSPS) is 13.0.